The minimum atomic E-state index is -1.30. The van der Waals surface area contributed by atoms with Crippen molar-refractivity contribution < 1.29 is 48.2 Å². The Morgan fingerprint density at radius 1 is 0.425 bits per heavy atom. The van der Waals surface area contributed by atoms with Gasteiger partial charge in [-0.15, -0.1) is 47.0 Å². The fourth-order valence-electron chi connectivity index (χ4n) is 7.59. The largest absolute Gasteiger partial charge is 0.480 e. The molecule has 2 unspecified atom stereocenters. The predicted octanol–water partition coefficient (Wildman–Crippen LogP) is 13.0. The van der Waals surface area contributed by atoms with Crippen LogP contribution in [0.5, 0.6) is 0 Å². The van der Waals surface area contributed by atoms with Crippen LogP contribution in [-0.2, 0) is 23.9 Å². The Morgan fingerprint density at radius 2 is 0.688 bits per heavy atom. The minimum absolute atomic E-state index is 0.00407. The molecule has 420 valence electrons. The van der Waals surface area contributed by atoms with Crippen LogP contribution < -0.4 is 10.6 Å². The number of amides is 2. The molecule has 12 nitrogen and oxygen atoms in total. The van der Waals surface area contributed by atoms with E-state index in [-0.39, 0.29) is 58.9 Å². The lowest BCUT2D eigenvalue weighted by Crippen LogP contribution is -2.45. The molecule has 0 aliphatic heterocycles. The number of carbonyl (C=O) groups is 8. The molecule has 0 aliphatic carbocycles. The van der Waals surface area contributed by atoms with Crippen LogP contribution in [0.3, 0.4) is 0 Å². The number of thioether (sulfide) groups is 4. The Morgan fingerprint density at radius 3 is 0.950 bits per heavy atom. The molecule has 2 atom stereocenters. The van der Waals surface area contributed by atoms with Crippen molar-refractivity contribution >= 4 is 93.9 Å². The van der Waals surface area contributed by atoms with Crippen molar-refractivity contribution in [1.29, 1.82) is 0 Å². The average Bonchev–Trinajstić information content (AvgIpc) is 3.41. The number of aliphatic carboxylic acids is 1. The first-order valence-electron chi connectivity index (χ1n) is 26.1. The summed E-state index contributed by atoms with van der Waals surface area (Å²) in [6.07, 6.45) is -0.465. The number of esters is 1. The van der Waals surface area contributed by atoms with E-state index in [1.807, 2.05) is 27.7 Å². The lowest BCUT2D eigenvalue weighted by atomic mass is 9.99. The van der Waals surface area contributed by atoms with Crippen molar-refractivity contribution in [2.75, 3.05) is 23.0 Å². The predicted molar refractivity (Wildman–Crippen MR) is 323 cm³/mol. The molecule has 6 rings (SSSR count). The van der Waals surface area contributed by atoms with Gasteiger partial charge in [-0.2, -0.15) is 0 Å². The summed E-state index contributed by atoms with van der Waals surface area (Å²) >= 11 is 6.59. The third-order valence-electron chi connectivity index (χ3n) is 12.1. The van der Waals surface area contributed by atoms with Gasteiger partial charge in [0.25, 0.3) is 11.8 Å². The zero-order valence-corrected chi connectivity index (χ0v) is 49.9. The van der Waals surface area contributed by atoms with Crippen molar-refractivity contribution in [3.8, 4) is 0 Å². The van der Waals surface area contributed by atoms with E-state index in [0.717, 1.165) is 19.6 Å². The molecule has 0 spiro atoms. The molecular formula is C64H70N2O10S4. The van der Waals surface area contributed by atoms with E-state index in [1.54, 1.807) is 104 Å². The number of Topliss-reactive ketones (excluding diaryl/α,β-unsaturated/α-hetero) is 4. The summed E-state index contributed by atoms with van der Waals surface area (Å²) < 4.78 is 5.38. The smallest absolute Gasteiger partial charge is 0.329 e. The molecule has 0 aliphatic rings. The molecular weight excluding hydrogens is 1080 g/mol. The minimum Gasteiger partial charge on any atom is -0.480 e. The quantitative estimate of drug-likeness (QED) is 0.0264. The van der Waals surface area contributed by atoms with E-state index in [9.17, 15) is 43.5 Å². The molecule has 0 heterocycles. The summed E-state index contributed by atoms with van der Waals surface area (Å²) in [7, 11) is 0. The van der Waals surface area contributed by atoms with Gasteiger partial charge in [-0.1, -0.05) is 95.1 Å². The van der Waals surface area contributed by atoms with Crippen molar-refractivity contribution in [1.82, 2.24) is 10.6 Å². The summed E-state index contributed by atoms with van der Waals surface area (Å²) in [5.41, 5.74) is 5.46. The summed E-state index contributed by atoms with van der Waals surface area (Å²) in [5.74, 6) is -1.75. The Labute approximate surface area is 487 Å². The number of ketones is 4. The molecule has 2 amide bonds. The average molecular weight is 1160 g/mol. The van der Waals surface area contributed by atoms with Gasteiger partial charge in [-0.3, -0.25) is 28.8 Å². The van der Waals surface area contributed by atoms with Gasteiger partial charge in [0.1, 0.15) is 29.3 Å². The SMILES string of the molecule is CC(=O)CC(NC(=O)c1ccc(C(=O)C(CSc2ccc(C)cc2)CSc2ccc(C)cc2)cc1)C(=O)O.CC(=O)CC(NC(=O)c1ccc(C(=O)C(CSc2ccc(C)cc2)CSc2ccc(C)cc2)cc1)C(=O)OC(C)(C)C. The van der Waals surface area contributed by atoms with E-state index >= 15 is 0 Å². The highest BCUT2D eigenvalue weighted by molar-refractivity contribution is 8.00. The summed E-state index contributed by atoms with van der Waals surface area (Å²) in [4.78, 5) is 104. The molecule has 0 radical (unpaired) electrons. The molecule has 3 N–H and O–H groups in total. The standard InChI is InChI=1S/C34H39NO5S2.C30H31NO5S2/c1-22-7-15-28(16-8-22)41-20-27(21-42-29-17-9-23(2)10-18-29)31(37)25-11-13-26(14-12-25)32(38)35-30(19-24(3)36)33(39)40-34(4,5)6;1-19-4-12-25(13-5-19)37-17-24(18-38-26-14-6-20(2)7-15-26)28(33)22-8-10-23(11-9-22)29(34)31-27(30(35)36)16-21(3)32/h7-18,27,30H,19-21H2,1-6H3,(H,35,38);4-15,24,27H,16-18H2,1-3H3,(H,31,34)(H,35,36). The Kier molecular flexibility index (Phi) is 25.1. The van der Waals surface area contributed by atoms with Gasteiger partial charge in [0.2, 0.25) is 0 Å². The lowest BCUT2D eigenvalue weighted by molar-refractivity contribution is -0.158. The topological polar surface area (TPSA) is 190 Å². The van der Waals surface area contributed by atoms with Crippen LogP contribution in [0.1, 0.15) is 111 Å². The molecule has 0 aromatic heterocycles. The maximum atomic E-state index is 13.7. The molecule has 0 saturated heterocycles. The van der Waals surface area contributed by atoms with Crippen LogP contribution in [0.15, 0.2) is 165 Å². The summed E-state index contributed by atoms with van der Waals surface area (Å²) in [6.45, 7) is 16.0. The number of carbonyl (C=O) groups excluding carboxylic acids is 7. The van der Waals surface area contributed by atoms with Gasteiger partial charge in [-0.05, 0) is 135 Å². The van der Waals surface area contributed by atoms with Gasteiger partial charge < -0.3 is 20.5 Å². The van der Waals surface area contributed by atoms with Crippen LogP contribution in [-0.4, -0.2) is 92.7 Å². The lowest BCUT2D eigenvalue weighted by Gasteiger charge is -2.24. The third kappa shape index (κ3) is 22.1. The van der Waals surface area contributed by atoms with Gasteiger partial charge in [0.15, 0.2) is 11.6 Å². The zero-order chi connectivity index (χ0) is 58.5. The maximum absolute atomic E-state index is 13.7. The number of aryl methyl sites for hydroxylation is 4. The monoisotopic (exact) mass is 1150 g/mol. The fraction of sp³-hybridized carbons (Fsp3) is 0.312. The number of rotatable bonds is 26. The zero-order valence-electron chi connectivity index (χ0n) is 46.7. The van der Waals surface area contributed by atoms with E-state index < -0.39 is 41.4 Å². The summed E-state index contributed by atoms with van der Waals surface area (Å²) in [5, 5.41) is 14.3. The summed E-state index contributed by atoms with van der Waals surface area (Å²) in [6, 6.07) is 43.2. The highest BCUT2D eigenvalue weighted by atomic mass is 32.2. The van der Waals surface area contributed by atoms with Gasteiger partial charge >= 0.3 is 11.9 Å². The highest BCUT2D eigenvalue weighted by Crippen LogP contribution is 2.31. The third-order valence-corrected chi connectivity index (χ3v) is 16.8. The second-order valence-corrected chi connectivity index (χ2v) is 24.9. The van der Waals surface area contributed by atoms with Gasteiger partial charge in [0, 0.05) is 89.5 Å². The van der Waals surface area contributed by atoms with Crippen LogP contribution in [0, 0.1) is 39.5 Å². The molecule has 80 heavy (non-hydrogen) atoms. The molecule has 0 saturated carbocycles. The normalized spacial score (nSPS) is 11.9. The number of hydrogen-bond donors (Lipinski definition) is 3. The van der Waals surface area contributed by atoms with E-state index in [4.69, 9.17) is 4.74 Å². The Balaban J connectivity index is 0.000000295. The number of ether oxygens (including phenoxy) is 1. The molecule has 16 heteroatoms. The van der Waals surface area contributed by atoms with Crippen molar-refractivity contribution in [2.45, 2.75) is 112 Å². The second kappa shape index (κ2) is 31.3. The van der Waals surface area contributed by atoms with E-state index in [0.29, 0.717) is 34.1 Å². The van der Waals surface area contributed by atoms with E-state index in [1.165, 1.54) is 48.2 Å². The fourth-order valence-corrected chi connectivity index (χ4v) is 11.9. The number of hydrogen-bond acceptors (Lipinski definition) is 13. The Hall–Kier alpha value is -6.72. The number of benzene rings is 6. The number of nitrogens with one attached hydrogen (secondary N) is 2. The van der Waals surface area contributed by atoms with Crippen molar-refractivity contribution in [2.24, 2.45) is 11.8 Å². The highest BCUT2D eigenvalue weighted by Gasteiger charge is 2.29. The van der Waals surface area contributed by atoms with Crippen LogP contribution >= 0.6 is 47.0 Å². The first-order valence-corrected chi connectivity index (χ1v) is 30.0. The van der Waals surface area contributed by atoms with Gasteiger partial charge in [0.05, 0.1) is 0 Å². The van der Waals surface area contributed by atoms with Crippen molar-refractivity contribution in [3.05, 3.63) is 190 Å². The maximum Gasteiger partial charge on any atom is 0.329 e. The van der Waals surface area contributed by atoms with E-state index in [2.05, 4.69) is 108 Å². The first-order chi connectivity index (χ1) is 37.9. The number of carboxylic acids is 1. The Bertz CT molecular complexity index is 2970. The van der Waals surface area contributed by atoms with Crippen LogP contribution in [0.25, 0.3) is 0 Å². The number of carboxylic acid groups (broad SMARTS) is 1. The molecule has 6 aromatic rings. The van der Waals surface area contributed by atoms with Crippen molar-refractivity contribution in [3.63, 3.8) is 0 Å². The molecule has 0 bridgehead atoms. The molecule has 6 aromatic carbocycles. The first kappa shape index (κ1) is 64.1. The van der Waals surface area contributed by atoms with Gasteiger partial charge in [-0.25, -0.2) is 9.59 Å². The second-order valence-electron chi connectivity index (χ2n) is 20.5. The van der Waals surface area contributed by atoms with Crippen LogP contribution in [0.2, 0.25) is 0 Å². The van der Waals surface area contributed by atoms with Crippen LogP contribution in [0.4, 0.5) is 0 Å². The molecule has 0 fully saturated rings.